The van der Waals surface area contributed by atoms with Gasteiger partial charge in [0.15, 0.2) is 0 Å². The van der Waals surface area contributed by atoms with E-state index in [0.717, 1.165) is 0 Å². The van der Waals surface area contributed by atoms with E-state index in [9.17, 15) is 9.59 Å². The summed E-state index contributed by atoms with van der Waals surface area (Å²) in [7, 11) is 0. The zero-order valence-corrected chi connectivity index (χ0v) is 19.9. The highest BCUT2D eigenvalue weighted by Gasteiger charge is 2.28. The highest BCUT2D eigenvalue weighted by atomic mass is 16.6. The summed E-state index contributed by atoms with van der Waals surface area (Å²) in [5, 5.41) is 35.3. The molecule has 4 aromatic rings. The molecule has 4 aromatic heterocycles. The average Bonchev–Trinajstić information content (AvgIpc) is 3.51. The molecule has 0 saturated heterocycles. The van der Waals surface area contributed by atoms with Crippen molar-refractivity contribution in [3.05, 3.63) is 30.0 Å². The van der Waals surface area contributed by atoms with Gasteiger partial charge in [-0.3, -0.25) is 9.59 Å². The largest absolute Gasteiger partial charge is 0.378 e. The molecule has 0 fully saturated rings. The molecule has 2 amide bonds. The lowest BCUT2D eigenvalue weighted by atomic mass is 10.0. The summed E-state index contributed by atoms with van der Waals surface area (Å²) >= 11 is 0. The van der Waals surface area contributed by atoms with E-state index < -0.39 is 11.1 Å². The predicted octanol–water partition coefficient (Wildman–Crippen LogP) is -0.375. The lowest BCUT2D eigenvalue weighted by Gasteiger charge is -2.24. The molecule has 0 aliphatic carbocycles. The van der Waals surface area contributed by atoms with E-state index in [0.29, 0.717) is 17.2 Å². The van der Waals surface area contributed by atoms with E-state index in [1.165, 1.54) is 29.4 Å². The first kappa shape index (κ1) is 24.9. The van der Waals surface area contributed by atoms with Gasteiger partial charge in [-0.25, -0.2) is 9.26 Å². The molecule has 0 radical (unpaired) electrons. The number of anilines is 1. The second-order valence-electron chi connectivity index (χ2n) is 8.43. The zero-order chi connectivity index (χ0) is 25.8. The number of nitrogens with zero attached hydrogens (tertiary/aromatic N) is 10. The number of carbonyl (C=O) groups is 2. The van der Waals surface area contributed by atoms with Crippen LogP contribution in [0, 0.1) is 0 Å². The Bertz CT molecular complexity index is 1290. The van der Waals surface area contributed by atoms with E-state index in [4.69, 9.17) is 5.73 Å². The van der Waals surface area contributed by atoms with Crippen LogP contribution < -0.4 is 16.4 Å². The molecule has 0 saturated carbocycles. The Kier molecular flexibility index (Phi) is 6.88. The van der Waals surface area contributed by atoms with Gasteiger partial charge in [-0.2, -0.15) is 9.36 Å². The number of hydrogen-bond donors (Lipinski definition) is 3. The van der Waals surface area contributed by atoms with Crippen molar-refractivity contribution in [1.29, 1.82) is 0 Å². The lowest BCUT2D eigenvalue weighted by molar-refractivity contribution is -0.121. The fourth-order valence-corrected chi connectivity index (χ4v) is 3.10. The maximum Gasteiger partial charge on any atom is 0.243 e. The Morgan fingerprint density at radius 1 is 0.943 bits per heavy atom. The van der Waals surface area contributed by atoms with E-state index in [-0.39, 0.29) is 23.5 Å². The highest BCUT2D eigenvalue weighted by molar-refractivity contribution is 5.74. The van der Waals surface area contributed by atoms with Gasteiger partial charge in [-0.15, -0.1) is 10.2 Å². The fourth-order valence-electron chi connectivity index (χ4n) is 3.10. The minimum absolute atomic E-state index is 0.115. The smallest absolute Gasteiger partial charge is 0.243 e. The summed E-state index contributed by atoms with van der Waals surface area (Å²) in [5.74, 6) is 0.491. The molecule has 4 heterocycles. The van der Waals surface area contributed by atoms with Gasteiger partial charge in [-0.05, 0) is 43.2 Å². The molecule has 186 valence electrons. The molecule has 17 nitrogen and oxygen atoms in total. The number of carbonyl (C=O) groups excluding carboxylic acids is 2. The normalized spacial score (nSPS) is 11.5. The van der Waals surface area contributed by atoms with Crippen molar-refractivity contribution in [2.24, 2.45) is 0 Å². The quantitative estimate of drug-likeness (QED) is 0.316. The maximum absolute atomic E-state index is 11.1. The molecule has 0 bridgehead atoms. The van der Waals surface area contributed by atoms with Crippen LogP contribution in [0.3, 0.4) is 0 Å². The van der Waals surface area contributed by atoms with Gasteiger partial charge in [0.2, 0.25) is 29.3 Å². The highest BCUT2D eigenvalue weighted by Crippen LogP contribution is 2.21. The predicted molar refractivity (Wildman–Crippen MR) is 117 cm³/mol. The van der Waals surface area contributed by atoms with Crippen LogP contribution in [-0.2, 0) is 20.7 Å². The van der Waals surface area contributed by atoms with Crippen molar-refractivity contribution in [2.45, 2.75) is 52.6 Å². The SMILES string of the molecule is CC(=O)NC(C)(C)c1cn(-c2nonc2N)nn1.CC(=O)NC(C)(C)c1cnnn1-c1cnon1. The fraction of sp³-hybridized carbons (Fsp3) is 0.444. The van der Waals surface area contributed by atoms with Gasteiger partial charge in [0.25, 0.3) is 0 Å². The molecular formula is C18H25N13O4. The van der Waals surface area contributed by atoms with Gasteiger partial charge >= 0.3 is 0 Å². The first-order chi connectivity index (χ1) is 16.4. The van der Waals surface area contributed by atoms with E-state index in [1.807, 2.05) is 27.7 Å². The van der Waals surface area contributed by atoms with Crippen LogP contribution >= 0.6 is 0 Å². The summed E-state index contributed by atoms with van der Waals surface area (Å²) in [6.45, 7) is 10.2. The van der Waals surface area contributed by atoms with Crippen LogP contribution in [0.1, 0.15) is 52.9 Å². The van der Waals surface area contributed by atoms with E-state index in [1.54, 1.807) is 12.4 Å². The zero-order valence-electron chi connectivity index (χ0n) is 19.9. The monoisotopic (exact) mass is 487 g/mol. The third-order valence-corrected chi connectivity index (χ3v) is 4.58. The third-order valence-electron chi connectivity index (χ3n) is 4.58. The van der Waals surface area contributed by atoms with Crippen molar-refractivity contribution < 1.29 is 18.8 Å². The molecule has 4 rings (SSSR count). The van der Waals surface area contributed by atoms with Gasteiger partial charge in [0.1, 0.15) is 11.9 Å². The number of rotatable bonds is 6. The Balaban J connectivity index is 0.000000196. The number of nitrogen functional groups attached to an aromatic ring is 1. The molecule has 0 aliphatic heterocycles. The first-order valence-corrected chi connectivity index (χ1v) is 10.2. The van der Waals surface area contributed by atoms with E-state index >= 15 is 0 Å². The molecule has 0 aromatic carbocycles. The van der Waals surface area contributed by atoms with Crippen molar-refractivity contribution in [3.63, 3.8) is 0 Å². The van der Waals surface area contributed by atoms with Gasteiger partial charge in [0, 0.05) is 13.8 Å². The summed E-state index contributed by atoms with van der Waals surface area (Å²) in [6, 6.07) is 0. The Morgan fingerprint density at radius 3 is 2.20 bits per heavy atom. The van der Waals surface area contributed by atoms with Crippen LogP contribution in [-0.4, -0.2) is 62.4 Å². The number of amides is 2. The summed E-state index contributed by atoms with van der Waals surface area (Å²) < 4.78 is 11.8. The molecule has 4 N–H and O–H groups in total. The summed E-state index contributed by atoms with van der Waals surface area (Å²) in [5.41, 5.74) is 5.54. The molecule has 0 unspecified atom stereocenters. The molecule has 0 spiro atoms. The number of nitrogens with one attached hydrogen (secondary N) is 2. The molecule has 0 atom stereocenters. The lowest BCUT2D eigenvalue weighted by Crippen LogP contribution is -2.41. The topological polar surface area (TPSA) is 223 Å². The first-order valence-electron chi connectivity index (χ1n) is 10.2. The van der Waals surface area contributed by atoms with Crippen molar-refractivity contribution >= 4 is 17.6 Å². The number of hydrogen-bond acceptors (Lipinski definition) is 13. The second-order valence-corrected chi connectivity index (χ2v) is 8.43. The average molecular weight is 487 g/mol. The van der Waals surface area contributed by atoms with Crippen molar-refractivity contribution in [1.82, 2.24) is 61.2 Å². The second kappa shape index (κ2) is 9.65. The molecule has 35 heavy (non-hydrogen) atoms. The van der Waals surface area contributed by atoms with Crippen LogP contribution in [0.4, 0.5) is 5.82 Å². The molecule has 0 aliphatic rings. The van der Waals surface area contributed by atoms with Crippen LogP contribution in [0.15, 0.2) is 27.8 Å². The number of aromatic nitrogens is 10. The van der Waals surface area contributed by atoms with Gasteiger partial charge in [-0.1, -0.05) is 15.6 Å². The molecular weight excluding hydrogens is 462 g/mol. The summed E-state index contributed by atoms with van der Waals surface area (Å²) in [6.07, 6.45) is 4.58. The van der Waals surface area contributed by atoms with Gasteiger partial charge < -0.3 is 16.4 Å². The summed E-state index contributed by atoms with van der Waals surface area (Å²) in [4.78, 5) is 22.2. The maximum atomic E-state index is 11.1. The molecule has 17 heteroatoms. The number of nitrogens with two attached hydrogens (primary N) is 1. The van der Waals surface area contributed by atoms with Crippen molar-refractivity contribution in [2.75, 3.05) is 5.73 Å². The third kappa shape index (κ3) is 5.81. The standard InChI is InChI=1S/C9H13N7O2.C9H12N6O2/c1-5(17)11-9(2,3)6-4-16(15-12-6)8-7(10)13-18-14-8;1-6(16)12-9(2,3)7-4-10-14-15(7)8-5-11-17-13-8/h4H,1-3H3,(H2,10,13)(H,11,17);4-5H,1-3H3,(H,12,16). The minimum atomic E-state index is -0.643. The Hall–Kier alpha value is -4.70. The van der Waals surface area contributed by atoms with Crippen molar-refractivity contribution in [3.8, 4) is 11.6 Å². The van der Waals surface area contributed by atoms with Gasteiger partial charge in [0.05, 0.1) is 29.2 Å². The minimum Gasteiger partial charge on any atom is -0.378 e. The van der Waals surface area contributed by atoms with Crippen LogP contribution in [0.5, 0.6) is 0 Å². The Morgan fingerprint density at radius 2 is 1.63 bits per heavy atom. The van der Waals surface area contributed by atoms with Crippen LogP contribution in [0.25, 0.3) is 11.6 Å². The van der Waals surface area contributed by atoms with E-state index in [2.05, 4.69) is 61.1 Å². The Labute approximate surface area is 198 Å². The van der Waals surface area contributed by atoms with Crippen LogP contribution in [0.2, 0.25) is 0 Å².